The summed E-state index contributed by atoms with van der Waals surface area (Å²) in [6.45, 7) is 2.87. The normalized spacial score (nSPS) is 10.6. The van der Waals surface area contributed by atoms with E-state index in [4.69, 9.17) is 16.7 Å². The molecule has 112 valence electrons. The molecule has 0 saturated carbocycles. The van der Waals surface area contributed by atoms with Gasteiger partial charge in [0.2, 0.25) is 0 Å². The predicted molar refractivity (Wildman–Crippen MR) is 78.2 cm³/mol. The van der Waals surface area contributed by atoms with Gasteiger partial charge in [-0.15, -0.1) is 5.10 Å². The summed E-state index contributed by atoms with van der Waals surface area (Å²) < 4.78 is 1.68. The molecule has 0 atom stereocenters. The molecule has 0 aliphatic rings. The van der Waals surface area contributed by atoms with Crippen molar-refractivity contribution in [1.82, 2.24) is 20.2 Å². The Labute approximate surface area is 127 Å². The summed E-state index contributed by atoms with van der Waals surface area (Å²) in [5.41, 5.74) is 0.718. The summed E-state index contributed by atoms with van der Waals surface area (Å²) >= 11 is 5.97. The number of aromatic nitrogens is 4. The minimum atomic E-state index is -0.926. The predicted octanol–water partition coefficient (Wildman–Crippen LogP) is 1.83. The molecule has 1 N–H and O–H groups in total. The maximum atomic E-state index is 11.1. The van der Waals surface area contributed by atoms with Crippen LogP contribution >= 0.6 is 11.6 Å². The molecule has 7 nitrogen and oxygen atoms in total. The molecule has 1 aromatic heterocycles. The average molecular weight is 310 g/mol. The van der Waals surface area contributed by atoms with Crippen LogP contribution in [0.25, 0.3) is 0 Å². The van der Waals surface area contributed by atoms with E-state index in [0.29, 0.717) is 23.9 Å². The van der Waals surface area contributed by atoms with Gasteiger partial charge in [-0.1, -0.05) is 24.6 Å². The van der Waals surface area contributed by atoms with Crippen LogP contribution in [0, 0.1) is 0 Å². The van der Waals surface area contributed by atoms with Gasteiger partial charge in [-0.2, -0.15) is 0 Å². The molecule has 0 radical (unpaired) electrons. The van der Waals surface area contributed by atoms with Gasteiger partial charge in [0.1, 0.15) is 6.54 Å². The highest BCUT2D eigenvalue weighted by molar-refractivity contribution is 6.30. The van der Waals surface area contributed by atoms with Gasteiger partial charge in [0.05, 0.1) is 6.54 Å². The van der Waals surface area contributed by atoms with E-state index >= 15 is 0 Å². The van der Waals surface area contributed by atoms with Crippen molar-refractivity contribution in [2.24, 2.45) is 0 Å². The van der Waals surface area contributed by atoms with Crippen LogP contribution < -0.4 is 4.90 Å². The Morgan fingerprint density at radius 2 is 2.29 bits per heavy atom. The number of anilines is 1. The lowest BCUT2D eigenvalue weighted by Gasteiger charge is -2.22. The summed E-state index contributed by atoms with van der Waals surface area (Å²) in [6, 6.07) is 7.05. The maximum Gasteiger partial charge on any atom is 0.323 e. The lowest BCUT2D eigenvalue weighted by Crippen LogP contribution is -2.30. The second-order valence-electron chi connectivity index (χ2n) is 4.55. The van der Waals surface area contributed by atoms with Crippen molar-refractivity contribution in [2.75, 3.05) is 11.4 Å². The highest BCUT2D eigenvalue weighted by atomic mass is 35.5. The number of aryl methyl sites for hydroxylation is 1. The number of rotatable bonds is 7. The number of carboxylic acid groups (broad SMARTS) is 1. The van der Waals surface area contributed by atoms with Crippen molar-refractivity contribution >= 4 is 23.3 Å². The van der Waals surface area contributed by atoms with Crippen molar-refractivity contribution in [2.45, 2.75) is 26.4 Å². The van der Waals surface area contributed by atoms with Gasteiger partial charge in [0.25, 0.3) is 0 Å². The summed E-state index contributed by atoms with van der Waals surface area (Å²) in [5.74, 6) is -0.303. The zero-order chi connectivity index (χ0) is 15.2. The molecule has 0 unspecified atom stereocenters. The van der Waals surface area contributed by atoms with Crippen molar-refractivity contribution in [3.63, 3.8) is 0 Å². The molecule has 2 aromatic rings. The first kappa shape index (κ1) is 15.2. The number of aliphatic carboxylic acids is 1. The number of carbonyl (C=O) groups is 1. The molecule has 0 saturated heterocycles. The van der Waals surface area contributed by atoms with Crippen LogP contribution in [0.15, 0.2) is 24.3 Å². The number of benzene rings is 1. The van der Waals surface area contributed by atoms with E-state index in [1.54, 1.807) is 27.8 Å². The monoisotopic (exact) mass is 309 g/mol. The summed E-state index contributed by atoms with van der Waals surface area (Å²) in [5, 5.41) is 21.2. The fourth-order valence-electron chi connectivity index (χ4n) is 1.97. The molecule has 21 heavy (non-hydrogen) atoms. The lowest BCUT2D eigenvalue weighted by molar-refractivity contribution is -0.135. The van der Waals surface area contributed by atoms with E-state index in [0.717, 1.165) is 12.1 Å². The molecule has 0 bridgehead atoms. The van der Waals surface area contributed by atoms with E-state index in [1.807, 2.05) is 13.0 Å². The third-order valence-electron chi connectivity index (χ3n) is 2.87. The molecule has 0 spiro atoms. The third kappa shape index (κ3) is 4.16. The summed E-state index contributed by atoms with van der Waals surface area (Å²) in [6.07, 6.45) is 0.897. The minimum absolute atomic E-state index is 0.153. The van der Waals surface area contributed by atoms with E-state index in [9.17, 15) is 4.79 Å². The van der Waals surface area contributed by atoms with Crippen LogP contribution in [-0.4, -0.2) is 37.8 Å². The number of carboxylic acids is 1. The second-order valence-corrected chi connectivity index (χ2v) is 4.98. The number of tetrazole rings is 1. The molecule has 2 rings (SSSR count). The Morgan fingerprint density at radius 3 is 2.95 bits per heavy atom. The molecule has 0 fully saturated rings. The van der Waals surface area contributed by atoms with Gasteiger partial charge in [0, 0.05) is 17.3 Å². The Bertz CT molecular complexity index is 616. The quantitative estimate of drug-likeness (QED) is 0.840. The molecule has 8 heteroatoms. The molecule has 1 heterocycles. The topological polar surface area (TPSA) is 84.1 Å². The number of halogens is 1. The van der Waals surface area contributed by atoms with Crippen LogP contribution in [0.5, 0.6) is 0 Å². The van der Waals surface area contributed by atoms with Gasteiger partial charge in [-0.25, -0.2) is 4.68 Å². The van der Waals surface area contributed by atoms with Crippen LogP contribution in [0.3, 0.4) is 0 Å². The van der Waals surface area contributed by atoms with Gasteiger partial charge >= 0.3 is 5.97 Å². The zero-order valence-corrected chi connectivity index (χ0v) is 12.4. The summed E-state index contributed by atoms with van der Waals surface area (Å²) in [4.78, 5) is 12.7. The highest BCUT2D eigenvalue weighted by Crippen LogP contribution is 2.20. The highest BCUT2D eigenvalue weighted by Gasteiger charge is 2.15. The maximum absolute atomic E-state index is 11.1. The molecule has 1 aromatic carbocycles. The SMILES string of the molecule is CCCn1nnnc1CN(CC(=O)O)c1cccc(Cl)c1. The van der Waals surface area contributed by atoms with Gasteiger partial charge < -0.3 is 10.0 Å². The lowest BCUT2D eigenvalue weighted by atomic mass is 10.2. The molecule has 0 aliphatic carbocycles. The minimum Gasteiger partial charge on any atom is -0.480 e. The van der Waals surface area contributed by atoms with Crippen LogP contribution in [0.1, 0.15) is 19.2 Å². The van der Waals surface area contributed by atoms with Crippen molar-refractivity contribution < 1.29 is 9.90 Å². The standard InChI is InChI=1S/C13H16ClN5O2/c1-2-6-19-12(15-16-17-19)8-18(9-13(20)21)11-5-3-4-10(14)7-11/h3-5,7H,2,6,8-9H2,1H3,(H,20,21). The number of hydrogen-bond acceptors (Lipinski definition) is 5. The van der Waals surface area contributed by atoms with E-state index in [-0.39, 0.29) is 6.54 Å². The molecule has 0 aliphatic heterocycles. The second kappa shape index (κ2) is 7.03. The fourth-order valence-corrected chi connectivity index (χ4v) is 2.15. The number of nitrogens with zero attached hydrogens (tertiary/aromatic N) is 5. The molecular formula is C13H16ClN5O2. The van der Waals surface area contributed by atoms with Crippen LogP contribution in [0.2, 0.25) is 5.02 Å². The smallest absolute Gasteiger partial charge is 0.323 e. The van der Waals surface area contributed by atoms with Crippen molar-refractivity contribution in [3.05, 3.63) is 35.1 Å². The van der Waals surface area contributed by atoms with Gasteiger partial charge in [0.15, 0.2) is 5.82 Å². The first-order valence-electron chi connectivity index (χ1n) is 6.57. The van der Waals surface area contributed by atoms with Crippen molar-refractivity contribution in [1.29, 1.82) is 0 Å². The Hall–Kier alpha value is -2.15. The van der Waals surface area contributed by atoms with Crippen molar-refractivity contribution in [3.8, 4) is 0 Å². The Kier molecular flexibility index (Phi) is 5.10. The average Bonchev–Trinajstić information content (AvgIpc) is 2.85. The molecule has 0 amide bonds. The third-order valence-corrected chi connectivity index (χ3v) is 3.11. The Balaban J connectivity index is 2.24. The summed E-state index contributed by atoms with van der Waals surface area (Å²) in [7, 11) is 0. The fraction of sp³-hybridized carbons (Fsp3) is 0.385. The van der Waals surface area contributed by atoms with E-state index < -0.39 is 5.97 Å². The van der Waals surface area contributed by atoms with Crippen LogP contribution in [-0.2, 0) is 17.9 Å². The van der Waals surface area contributed by atoms with E-state index in [1.165, 1.54) is 0 Å². The Morgan fingerprint density at radius 1 is 1.48 bits per heavy atom. The first-order valence-corrected chi connectivity index (χ1v) is 6.95. The largest absolute Gasteiger partial charge is 0.480 e. The van der Waals surface area contributed by atoms with Crippen LogP contribution in [0.4, 0.5) is 5.69 Å². The number of hydrogen-bond donors (Lipinski definition) is 1. The van der Waals surface area contributed by atoms with E-state index in [2.05, 4.69) is 15.5 Å². The van der Waals surface area contributed by atoms with Gasteiger partial charge in [-0.05, 0) is 35.0 Å². The van der Waals surface area contributed by atoms with Gasteiger partial charge in [-0.3, -0.25) is 4.79 Å². The molecular weight excluding hydrogens is 294 g/mol. The zero-order valence-electron chi connectivity index (χ0n) is 11.6. The first-order chi connectivity index (χ1) is 10.1.